The highest BCUT2D eigenvalue weighted by molar-refractivity contribution is 14.1. The van der Waals surface area contributed by atoms with Gasteiger partial charge in [0.25, 0.3) is 0 Å². The van der Waals surface area contributed by atoms with Crippen LogP contribution in [0.1, 0.15) is 13.3 Å². The van der Waals surface area contributed by atoms with Gasteiger partial charge < -0.3 is 14.4 Å². The third kappa shape index (κ3) is 1.92. The fourth-order valence-corrected chi connectivity index (χ4v) is 5.04. The van der Waals surface area contributed by atoms with Crippen LogP contribution < -0.4 is 9.64 Å². The zero-order chi connectivity index (χ0) is 13.7. The first kappa shape index (κ1) is 13.1. The van der Waals surface area contributed by atoms with Gasteiger partial charge in [-0.15, -0.1) is 0 Å². The van der Waals surface area contributed by atoms with E-state index < -0.39 is 0 Å². The predicted molar refractivity (Wildman–Crippen MR) is 89.0 cm³/mol. The van der Waals surface area contributed by atoms with E-state index in [1.165, 1.54) is 14.7 Å². The molecule has 2 saturated heterocycles. The maximum absolute atomic E-state index is 5.67. The molecule has 3 heterocycles. The summed E-state index contributed by atoms with van der Waals surface area (Å²) in [5.41, 5.74) is 1.07. The van der Waals surface area contributed by atoms with Gasteiger partial charge in [0.1, 0.15) is 5.75 Å². The second-order valence-electron chi connectivity index (χ2n) is 5.14. The average molecular weight is 402 g/mol. The Morgan fingerprint density at radius 1 is 1.45 bits per heavy atom. The van der Waals surface area contributed by atoms with Crippen molar-refractivity contribution in [2.45, 2.75) is 25.4 Å². The van der Waals surface area contributed by atoms with Gasteiger partial charge in [-0.1, -0.05) is 11.3 Å². The number of anilines is 1. The molecule has 0 saturated carbocycles. The quantitative estimate of drug-likeness (QED) is 0.739. The molecule has 0 N–H and O–H groups in total. The molecule has 2 aliphatic rings. The molecule has 0 amide bonds. The van der Waals surface area contributed by atoms with E-state index in [0.717, 1.165) is 29.6 Å². The van der Waals surface area contributed by atoms with Gasteiger partial charge in [0, 0.05) is 0 Å². The molecule has 2 bridgehead atoms. The lowest BCUT2D eigenvalue weighted by Crippen LogP contribution is -2.64. The minimum absolute atomic E-state index is 0.526. The van der Waals surface area contributed by atoms with Gasteiger partial charge in [-0.2, -0.15) is 0 Å². The van der Waals surface area contributed by atoms with Gasteiger partial charge in [0.15, 0.2) is 5.13 Å². The van der Waals surface area contributed by atoms with E-state index in [2.05, 4.69) is 33.6 Å². The third-order valence-corrected chi connectivity index (χ3v) is 6.46. The minimum Gasteiger partial charge on any atom is -0.493 e. The number of aromatic nitrogens is 1. The van der Waals surface area contributed by atoms with Gasteiger partial charge in [0.05, 0.1) is 45.7 Å². The van der Waals surface area contributed by atoms with Crippen LogP contribution >= 0.6 is 33.9 Å². The van der Waals surface area contributed by atoms with Crippen LogP contribution in [0, 0.1) is 3.57 Å². The van der Waals surface area contributed by atoms with Crippen molar-refractivity contribution in [2.75, 3.05) is 24.7 Å². The van der Waals surface area contributed by atoms with Crippen LogP contribution in [0.25, 0.3) is 10.2 Å². The largest absolute Gasteiger partial charge is 0.493 e. The Morgan fingerprint density at radius 2 is 2.25 bits per heavy atom. The van der Waals surface area contributed by atoms with Crippen molar-refractivity contribution in [3.63, 3.8) is 0 Å². The van der Waals surface area contributed by atoms with Crippen LogP contribution in [0.3, 0.4) is 0 Å². The van der Waals surface area contributed by atoms with Crippen molar-refractivity contribution in [1.29, 1.82) is 0 Å². The fraction of sp³-hybridized carbons (Fsp3) is 0.500. The average Bonchev–Trinajstić information content (AvgIpc) is 2.87. The Balaban J connectivity index is 1.74. The maximum atomic E-state index is 5.67. The van der Waals surface area contributed by atoms with E-state index >= 15 is 0 Å². The number of thiazole rings is 1. The highest BCUT2D eigenvalue weighted by atomic mass is 127. The van der Waals surface area contributed by atoms with Gasteiger partial charge in [0.2, 0.25) is 0 Å². The number of fused-ring (bicyclic) bond motifs is 3. The number of hydrogen-bond donors (Lipinski definition) is 0. The Labute approximate surface area is 135 Å². The van der Waals surface area contributed by atoms with Crippen LogP contribution in [0.4, 0.5) is 5.13 Å². The first-order chi connectivity index (χ1) is 9.78. The summed E-state index contributed by atoms with van der Waals surface area (Å²) in [7, 11) is 0. The standard InChI is InChI=1S/C14H15IN2O2S/c1-2-19-11-4-3-10-13(12(11)15)20-14(16-10)17-8-5-9(17)7-18-6-8/h3-4,8-9H,2,5-7H2,1H3. The zero-order valence-corrected chi connectivity index (χ0v) is 14.1. The maximum Gasteiger partial charge on any atom is 0.187 e. The number of halogens is 1. The summed E-state index contributed by atoms with van der Waals surface area (Å²) >= 11 is 4.14. The highest BCUT2D eigenvalue weighted by Crippen LogP contribution is 2.42. The van der Waals surface area contributed by atoms with Crippen LogP contribution in [0.5, 0.6) is 5.75 Å². The lowest BCUT2D eigenvalue weighted by atomic mass is 9.92. The molecule has 106 valence electrons. The van der Waals surface area contributed by atoms with E-state index in [9.17, 15) is 0 Å². The van der Waals surface area contributed by atoms with Crippen LogP contribution in [-0.2, 0) is 4.74 Å². The molecule has 1 aromatic carbocycles. The summed E-state index contributed by atoms with van der Waals surface area (Å²) in [4.78, 5) is 7.24. The normalized spacial score (nSPS) is 24.8. The monoisotopic (exact) mass is 402 g/mol. The van der Waals surface area contributed by atoms with Crippen molar-refractivity contribution in [3.8, 4) is 5.75 Å². The molecule has 4 nitrogen and oxygen atoms in total. The summed E-state index contributed by atoms with van der Waals surface area (Å²) in [5, 5.41) is 1.14. The van der Waals surface area contributed by atoms with Crippen molar-refractivity contribution in [2.24, 2.45) is 0 Å². The fourth-order valence-electron chi connectivity index (χ4n) is 2.96. The van der Waals surface area contributed by atoms with E-state index in [0.29, 0.717) is 18.7 Å². The van der Waals surface area contributed by atoms with Gasteiger partial charge in [-0.25, -0.2) is 4.98 Å². The molecule has 0 spiro atoms. The van der Waals surface area contributed by atoms with E-state index in [4.69, 9.17) is 14.5 Å². The molecular formula is C14H15IN2O2S. The number of benzene rings is 1. The van der Waals surface area contributed by atoms with Crippen molar-refractivity contribution >= 4 is 49.3 Å². The predicted octanol–water partition coefficient (Wildman–Crippen LogP) is 3.28. The summed E-state index contributed by atoms with van der Waals surface area (Å²) in [5.74, 6) is 0.961. The molecule has 2 atom stereocenters. The first-order valence-electron chi connectivity index (χ1n) is 6.86. The number of morpholine rings is 1. The molecule has 2 aromatic rings. The van der Waals surface area contributed by atoms with Crippen molar-refractivity contribution in [3.05, 3.63) is 15.7 Å². The first-order valence-corrected chi connectivity index (χ1v) is 8.75. The minimum atomic E-state index is 0.526. The summed E-state index contributed by atoms with van der Waals surface area (Å²) in [6.07, 6.45) is 1.25. The van der Waals surface area contributed by atoms with Crippen molar-refractivity contribution in [1.82, 2.24) is 4.98 Å². The van der Waals surface area contributed by atoms with Crippen LogP contribution in [-0.4, -0.2) is 36.9 Å². The van der Waals surface area contributed by atoms with E-state index in [1.54, 1.807) is 11.3 Å². The van der Waals surface area contributed by atoms with Crippen LogP contribution in [0.15, 0.2) is 12.1 Å². The lowest BCUT2D eigenvalue weighted by molar-refractivity contribution is 0.0103. The molecule has 2 unspecified atom stereocenters. The molecule has 1 aromatic heterocycles. The molecule has 2 fully saturated rings. The molecule has 6 heteroatoms. The summed E-state index contributed by atoms with van der Waals surface area (Å²) in [6.45, 7) is 4.39. The third-order valence-electron chi connectivity index (χ3n) is 3.92. The smallest absolute Gasteiger partial charge is 0.187 e. The number of ether oxygens (including phenoxy) is 2. The lowest BCUT2D eigenvalue weighted by Gasteiger charge is -2.52. The second-order valence-corrected chi connectivity index (χ2v) is 7.20. The molecule has 20 heavy (non-hydrogen) atoms. The molecule has 4 rings (SSSR count). The Bertz CT molecular complexity index is 646. The SMILES string of the molecule is CCOc1ccc2nc(N3C4COCC3C4)sc2c1I. The van der Waals surface area contributed by atoms with Crippen LogP contribution in [0.2, 0.25) is 0 Å². The Morgan fingerprint density at radius 3 is 2.95 bits per heavy atom. The van der Waals surface area contributed by atoms with Gasteiger partial charge in [-0.05, 0) is 48.1 Å². The van der Waals surface area contributed by atoms with Crippen molar-refractivity contribution < 1.29 is 9.47 Å². The molecule has 0 aliphatic carbocycles. The van der Waals surface area contributed by atoms with E-state index in [1.807, 2.05) is 13.0 Å². The second kappa shape index (κ2) is 4.99. The highest BCUT2D eigenvalue weighted by Gasteiger charge is 2.43. The Kier molecular flexibility index (Phi) is 3.27. The number of hydrogen-bond acceptors (Lipinski definition) is 5. The van der Waals surface area contributed by atoms with Gasteiger partial charge in [-0.3, -0.25) is 0 Å². The molecule has 2 aliphatic heterocycles. The molecule has 0 radical (unpaired) electrons. The van der Waals surface area contributed by atoms with E-state index in [-0.39, 0.29) is 0 Å². The zero-order valence-electron chi connectivity index (χ0n) is 11.1. The number of nitrogens with zero attached hydrogens (tertiary/aromatic N) is 2. The summed E-state index contributed by atoms with van der Waals surface area (Å²) < 4.78 is 13.6. The topological polar surface area (TPSA) is 34.6 Å². The van der Waals surface area contributed by atoms with Gasteiger partial charge >= 0.3 is 0 Å². The summed E-state index contributed by atoms with van der Waals surface area (Å²) in [6, 6.07) is 5.14. The Hall–Kier alpha value is -0.600. The number of rotatable bonds is 3. The molecular weight excluding hydrogens is 387 g/mol.